The van der Waals surface area contributed by atoms with E-state index < -0.39 is 5.97 Å². The van der Waals surface area contributed by atoms with Crippen LogP contribution in [0.1, 0.15) is 13.3 Å². The van der Waals surface area contributed by atoms with Crippen LogP contribution in [0.15, 0.2) is 0 Å². The number of aliphatic carboxylic acids is 1. The van der Waals surface area contributed by atoms with Gasteiger partial charge in [0.25, 0.3) is 0 Å². The lowest BCUT2D eigenvalue weighted by Crippen LogP contribution is -2.46. The molecule has 0 saturated carbocycles. The molecule has 0 bridgehead atoms. The monoisotopic (exact) mass is 244 g/mol. The van der Waals surface area contributed by atoms with Gasteiger partial charge in [-0.2, -0.15) is 0 Å². The van der Waals surface area contributed by atoms with Crippen molar-refractivity contribution in [2.45, 2.75) is 19.4 Å². The summed E-state index contributed by atoms with van der Waals surface area (Å²) in [5.74, 6) is -1.44. The number of carbonyl (C=O) groups excluding carboxylic acids is 1. The highest BCUT2D eigenvalue weighted by Crippen LogP contribution is 2.16. The maximum Gasteiger partial charge on any atom is 0.323 e. The topological polar surface area (TPSA) is 78.9 Å². The minimum atomic E-state index is -1.00. The fourth-order valence-corrected chi connectivity index (χ4v) is 1.89. The first-order chi connectivity index (χ1) is 8.06. The largest absolute Gasteiger partial charge is 0.480 e. The van der Waals surface area contributed by atoms with Crippen LogP contribution in [0, 0.1) is 5.92 Å². The number of carboxylic acids is 1. The van der Waals surface area contributed by atoms with Crippen LogP contribution in [0.5, 0.6) is 0 Å². The van der Waals surface area contributed by atoms with Crippen molar-refractivity contribution in [3.05, 3.63) is 0 Å². The number of ether oxygens (including phenoxy) is 1. The molecule has 17 heavy (non-hydrogen) atoms. The Labute approximate surface area is 101 Å². The number of amides is 1. The maximum atomic E-state index is 12.0. The smallest absolute Gasteiger partial charge is 0.323 e. The molecule has 0 aliphatic carbocycles. The quantitative estimate of drug-likeness (QED) is 0.661. The molecule has 1 fully saturated rings. The van der Waals surface area contributed by atoms with Crippen LogP contribution < -0.4 is 5.32 Å². The highest BCUT2D eigenvalue weighted by Gasteiger charge is 2.35. The van der Waals surface area contributed by atoms with Gasteiger partial charge < -0.3 is 20.1 Å². The van der Waals surface area contributed by atoms with Crippen molar-refractivity contribution in [1.29, 1.82) is 0 Å². The minimum Gasteiger partial charge on any atom is -0.480 e. The molecule has 98 valence electrons. The van der Waals surface area contributed by atoms with Crippen molar-refractivity contribution in [3.63, 3.8) is 0 Å². The zero-order valence-electron chi connectivity index (χ0n) is 10.3. The molecule has 1 aliphatic rings. The molecule has 6 nitrogen and oxygen atoms in total. The lowest BCUT2D eigenvalue weighted by Gasteiger charge is -2.23. The Kier molecular flexibility index (Phi) is 5.37. The zero-order chi connectivity index (χ0) is 12.8. The van der Waals surface area contributed by atoms with E-state index in [1.165, 1.54) is 11.9 Å². The first-order valence-corrected chi connectivity index (χ1v) is 5.84. The van der Waals surface area contributed by atoms with Gasteiger partial charge in [0.05, 0.1) is 19.1 Å². The Balaban J connectivity index is 2.51. The maximum absolute atomic E-state index is 12.0. The number of rotatable bonds is 6. The van der Waals surface area contributed by atoms with Crippen LogP contribution in [0.2, 0.25) is 0 Å². The Bertz CT molecular complexity index is 283. The van der Waals surface area contributed by atoms with Gasteiger partial charge in [-0.3, -0.25) is 9.59 Å². The van der Waals surface area contributed by atoms with Gasteiger partial charge >= 0.3 is 5.97 Å². The highest BCUT2D eigenvalue weighted by atomic mass is 16.5. The van der Waals surface area contributed by atoms with E-state index in [4.69, 9.17) is 9.84 Å². The lowest BCUT2D eigenvalue weighted by atomic mass is 10.0. The second-order valence-corrected chi connectivity index (χ2v) is 4.29. The first-order valence-electron chi connectivity index (χ1n) is 5.84. The van der Waals surface area contributed by atoms with Gasteiger partial charge in [0.15, 0.2) is 0 Å². The van der Waals surface area contributed by atoms with Crippen LogP contribution in [-0.4, -0.2) is 61.3 Å². The van der Waals surface area contributed by atoms with Crippen molar-refractivity contribution < 1.29 is 19.4 Å². The fraction of sp³-hybridized carbons (Fsp3) is 0.818. The van der Waals surface area contributed by atoms with E-state index >= 15 is 0 Å². The molecule has 2 atom stereocenters. The highest BCUT2D eigenvalue weighted by molar-refractivity contribution is 5.83. The number of nitrogens with zero attached hydrogens (tertiary/aromatic N) is 1. The molecular weight excluding hydrogens is 224 g/mol. The van der Waals surface area contributed by atoms with Crippen molar-refractivity contribution in [2.24, 2.45) is 5.92 Å². The van der Waals surface area contributed by atoms with Crippen LogP contribution in [0.4, 0.5) is 0 Å². The Morgan fingerprint density at radius 3 is 2.76 bits per heavy atom. The van der Waals surface area contributed by atoms with Crippen molar-refractivity contribution in [2.75, 3.05) is 33.4 Å². The van der Waals surface area contributed by atoms with Crippen molar-refractivity contribution >= 4 is 11.9 Å². The summed E-state index contributed by atoms with van der Waals surface area (Å²) in [6, 6.07) is -0.00121. The summed E-state index contributed by atoms with van der Waals surface area (Å²) in [6.07, 6.45) is 0.988. The van der Waals surface area contributed by atoms with Gasteiger partial charge in [0.2, 0.25) is 5.91 Å². The van der Waals surface area contributed by atoms with E-state index in [0.717, 1.165) is 13.0 Å². The molecule has 0 aromatic carbocycles. The normalized spacial score (nSPS) is 23.6. The molecule has 1 aliphatic heterocycles. The van der Waals surface area contributed by atoms with Gasteiger partial charge in [-0.05, 0) is 13.0 Å². The van der Waals surface area contributed by atoms with Crippen LogP contribution in [-0.2, 0) is 14.3 Å². The van der Waals surface area contributed by atoms with Gasteiger partial charge in [-0.25, -0.2) is 0 Å². The van der Waals surface area contributed by atoms with E-state index in [1.54, 1.807) is 0 Å². The van der Waals surface area contributed by atoms with Gasteiger partial charge in [-0.15, -0.1) is 0 Å². The molecule has 6 heteroatoms. The second kappa shape index (κ2) is 6.56. The standard InChI is InChI=1S/C11H20N2O4/c1-3-4-12-9-7-17-6-8(9)11(16)13(2)5-10(14)15/h8-9,12H,3-7H2,1-2H3,(H,14,15). The third kappa shape index (κ3) is 3.98. The summed E-state index contributed by atoms with van der Waals surface area (Å²) >= 11 is 0. The lowest BCUT2D eigenvalue weighted by molar-refractivity contribution is -0.145. The molecule has 1 amide bonds. The van der Waals surface area contributed by atoms with E-state index in [-0.39, 0.29) is 24.4 Å². The summed E-state index contributed by atoms with van der Waals surface area (Å²) in [7, 11) is 1.51. The molecule has 0 aromatic rings. The number of hydrogen-bond acceptors (Lipinski definition) is 4. The van der Waals surface area contributed by atoms with E-state index in [2.05, 4.69) is 12.2 Å². The molecular formula is C11H20N2O4. The number of hydrogen-bond donors (Lipinski definition) is 2. The Morgan fingerprint density at radius 1 is 1.47 bits per heavy atom. The Hall–Kier alpha value is -1.14. The molecule has 1 heterocycles. The SMILES string of the molecule is CCCNC1COCC1C(=O)N(C)CC(=O)O. The zero-order valence-corrected chi connectivity index (χ0v) is 10.3. The fourth-order valence-electron chi connectivity index (χ4n) is 1.89. The molecule has 0 aromatic heterocycles. The number of carbonyl (C=O) groups is 2. The first kappa shape index (κ1) is 13.9. The predicted octanol–water partition coefficient (Wildman–Crippen LogP) is -0.456. The third-order valence-electron chi connectivity index (χ3n) is 2.80. The van der Waals surface area contributed by atoms with Crippen LogP contribution in [0.25, 0.3) is 0 Å². The number of nitrogens with one attached hydrogen (secondary N) is 1. The van der Waals surface area contributed by atoms with Crippen molar-refractivity contribution in [1.82, 2.24) is 10.2 Å². The second-order valence-electron chi connectivity index (χ2n) is 4.29. The summed E-state index contributed by atoms with van der Waals surface area (Å²) < 4.78 is 5.29. The third-order valence-corrected chi connectivity index (χ3v) is 2.80. The van der Waals surface area contributed by atoms with Crippen LogP contribution in [0.3, 0.4) is 0 Å². The summed E-state index contributed by atoms with van der Waals surface area (Å²) in [5.41, 5.74) is 0. The average Bonchev–Trinajstić information content (AvgIpc) is 2.72. The summed E-state index contributed by atoms with van der Waals surface area (Å²) in [5, 5.41) is 11.9. The molecule has 0 spiro atoms. The number of carboxylic acid groups (broad SMARTS) is 1. The summed E-state index contributed by atoms with van der Waals surface area (Å²) in [6.45, 7) is 3.49. The molecule has 0 radical (unpaired) electrons. The molecule has 2 unspecified atom stereocenters. The van der Waals surface area contributed by atoms with Gasteiger partial charge in [0, 0.05) is 13.1 Å². The number of likely N-dealkylation sites (N-methyl/N-ethyl adjacent to an activating group) is 1. The van der Waals surface area contributed by atoms with E-state index in [0.29, 0.717) is 13.2 Å². The minimum absolute atomic E-state index is 0.00121. The summed E-state index contributed by atoms with van der Waals surface area (Å²) in [4.78, 5) is 23.8. The van der Waals surface area contributed by atoms with E-state index in [1.807, 2.05) is 0 Å². The van der Waals surface area contributed by atoms with E-state index in [9.17, 15) is 9.59 Å². The molecule has 1 rings (SSSR count). The Morgan fingerprint density at radius 2 is 2.18 bits per heavy atom. The predicted molar refractivity (Wildman–Crippen MR) is 61.7 cm³/mol. The molecule has 2 N–H and O–H groups in total. The molecule has 1 saturated heterocycles. The average molecular weight is 244 g/mol. The van der Waals surface area contributed by atoms with Gasteiger partial charge in [-0.1, -0.05) is 6.92 Å². The van der Waals surface area contributed by atoms with Crippen molar-refractivity contribution in [3.8, 4) is 0 Å². The van der Waals surface area contributed by atoms with Gasteiger partial charge in [0.1, 0.15) is 6.54 Å². The van der Waals surface area contributed by atoms with Crippen LogP contribution >= 0.6 is 0 Å².